The number of nitrogens with one attached hydrogen (secondary N) is 1. The smallest absolute Gasteiger partial charge is 0.228 e. The Kier molecular flexibility index (Phi) is 2.98. The van der Waals surface area contributed by atoms with E-state index in [2.05, 4.69) is 28.5 Å². The van der Waals surface area contributed by atoms with Crippen LogP contribution in [0, 0.1) is 5.92 Å². The fourth-order valence-electron chi connectivity index (χ4n) is 2.41. The van der Waals surface area contributed by atoms with Gasteiger partial charge in [-0.1, -0.05) is 6.07 Å². The van der Waals surface area contributed by atoms with Crippen molar-refractivity contribution in [2.24, 2.45) is 13.0 Å². The lowest BCUT2D eigenvalue weighted by atomic mass is 10.0. The molecule has 0 spiro atoms. The summed E-state index contributed by atoms with van der Waals surface area (Å²) in [6, 6.07) is 6.17. The third-order valence-corrected chi connectivity index (χ3v) is 3.72. The molecule has 1 N–H and O–H groups in total. The van der Waals surface area contributed by atoms with Crippen molar-refractivity contribution in [2.45, 2.75) is 6.54 Å². The van der Waals surface area contributed by atoms with E-state index in [0.29, 0.717) is 6.54 Å². The highest BCUT2D eigenvalue weighted by Crippen LogP contribution is 2.16. The topological polar surface area (TPSA) is 50.2 Å². The molecule has 1 aromatic heterocycles. The van der Waals surface area contributed by atoms with Gasteiger partial charge in [0.15, 0.2) is 0 Å². The number of benzene rings is 1. The average Bonchev–Trinajstić information content (AvgIpc) is 2.68. The first-order valence-electron chi connectivity index (χ1n) is 6.51. The lowest BCUT2D eigenvalue weighted by Gasteiger charge is -2.30. The van der Waals surface area contributed by atoms with E-state index in [0.717, 1.165) is 29.7 Å². The molecule has 0 unspecified atom stereocenters. The van der Waals surface area contributed by atoms with Crippen LogP contribution < -0.4 is 5.32 Å². The maximum atomic E-state index is 12.1. The Morgan fingerprint density at radius 2 is 2.32 bits per heavy atom. The van der Waals surface area contributed by atoms with Crippen LogP contribution in [0.3, 0.4) is 0 Å². The minimum Gasteiger partial charge on any atom is -0.341 e. The lowest BCUT2D eigenvalue weighted by molar-refractivity contribution is -0.136. The van der Waals surface area contributed by atoms with Gasteiger partial charge < -0.3 is 14.8 Å². The first-order valence-corrected chi connectivity index (χ1v) is 6.51. The highest BCUT2D eigenvalue weighted by molar-refractivity contribution is 5.80. The Bertz CT molecular complexity index is 615. The summed E-state index contributed by atoms with van der Waals surface area (Å²) < 4.78 is 1.99. The van der Waals surface area contributed by atoms with E-state index in [9.17, 15) is 4.79 Å². The molecule has 1 fully saturated rings. The third-order valence-electron chi connectivity index (χ3n) is 3.72. The second-order valence-corrected chi connectivity index (χ2v) is 5.23. The van der Waals surface area contributed by atoms with Gasteiger partial charge >= 0.3 is 0 Å². The maximum absolute atomic E-state index is 12.1. The van der Waals surface area contributed by atoms with Gasteiger partial charge in [-0.25, -0.2) is 4.98 Å². The monoisotopic (exact) mass is 258 g/mol. The Balaban J connectivity index is 1.75. The highest BCUT2D eigenvalue weighted by atomic mass is 16.2. The zero-order valence-electron chi connectivity index (χ0n) is 11.3. The van der Waals surface area contributed by atoms with Gasteiger partial charge in [0.25, 0.3) is 0 Å². The number of amides is 1. The van der Waals surface area contributed by atoms with E-state index in [1.807, 2.05) is 25.0 Å². The molecule has 1 saturated heterocycles. The minimum absolute atomic E-state index is 0.156. The molecule has 19 heavy (non-hydrogen) atoms. The van der Waals surface area contributed by atoms with Crippen molar-refractivity contribution in [1.82, 2.24) is 19.8 Å². The number of aromatic nitrogens is 2. The van der Waals surface area contributed by atoms with Crippen LogP contribution in [-0.2, 0) is 18.4 Å². The second-order valence-electron chi connectivity index (χ2n) is 5.23. The number of imidazole rings is 1. The van der Waals surface area contributed by atoms with E-state index in [1.165, 1.54) is 0 Å². The Morgan fingerprint density at radius 3 is 3.00 bits per heavy atom. The molecule has 0 bridgehead atoms. The molecule has 5 heteroatoms. The Labute approximate surface area is 112 Å². The van der Waals surface area contributed by atoms with Crippen LogP contribution in [0.5, 0.6) is 0 Å². The fraction of sp³-hybridized carbons (Fsp3) is 0.429. The predicted molar refractivity (Wildman–Crippen MR) is 73.5 cm³/mol. The van der Waals surface area contributed by atoms with Crippen molar-refractivity contribution in [2.75, 3.05) is 20.1 Å². The normalized spacial score (nSPS) is 15.5. The van der Waals surface area contributed by atoms with E-state index in [-0.39, 0.29) is 11.8 Å². The van der Waals surface area contributed by atoms with Gasteiger partial charge in [0.05, 0.1) is 23.3 Å². The second kappa shape index (κ2) is 4.66. The first kappa shape index (κ1) is 12.2. The van der Waals surface area contributed by atoms with Gasteiger partial charge in [-0.3, -0.25) is 4.79 Å². The Morgan fingerprint density at radius 1 is 1.53 bits per heavy atom. The molecule has 1 aromatic carbocycles. The first-order chi connectivity index (χ1) is 9.15. The van der Waals surface area contributed by atoms with Crippen LogP contribution in [0.1, 0.15) is 5.56 Å². The van der Waals surface area contributed by atoms with E-state index in [4.69, 9.17) is 0 Å². The van der Waals surface area contributed by atoms with Crippen molar-refractivity contribution in [3.05, 3.63) is 30.1 Å². The predicted octanol–water partition coefficient (Wildman–Crippen LogP) is 0.751. The quantitative estimate of drug-likeness (QED) is 0.884. The molecule has 5 nitrogen and oxygen atoms in total. The fourth-order valence-corrected chi connectivity index (χ4v) is 2.41. The standard InChI is InChI=1S/C14H18N4O/c1-17(14(19)11-6-15-7-11)8-10-3-4-13-12(5-10)16-9-18(13)2/h3-5,9,11,15H,6-8H2,1-2H3. The molecule has 1 amide bonds. The number of hydrogen-bond donors (Lipinski definition) is 1. The highest BCUT2D eigenvalue weighted by Gasteiger charge is 2.27. The van der Waals surface area contributed by atoms with Crippen LogP contribution >= 0.6 is 0 Å². The third kappa shape index (κ3) is 2.21. The number of hydrogen-bond acceptors (Lipinski definition) is 3. The van der Waals surface area contributed by atoms with E-state index in [1.54, 1.807) is 4.90 Å². The molecule has 2 aromatic rings. The van der Waals surface area contributed by atoms with Gasteiger partial charge in [-0.2, -0.15) is 0 Å². The number of rotatable bonds is 3. The molecule has 0 saturated carbocycles. The molecule has 3 rings (SSSR count). The average molecular weight is 258 g/mol. The Hall–Kier alpha value is -1.88. The SMILES string of the molecule is CN(Cc1ccc2c(c1)ncn2C)C(=O)C1CNC1. The minimum atomic E-state index is 0.156. The van der Waals surface area contributed by atoms with Gasteiger partial charge in [-0.05, 0) is 17.7 Å². The molecule has 0 radical (unpaired) electrons. The van der Waals surface area contributed by atoms with Crippen molar-refractivity contribution in [3.8, 4) is 0 Å². The number of fused-ring (bicyclic) bond motifs is 1. The zero-order chi connectivity index (χ0) is 13.4. The van der Waals surface area contributed by atoms with Crippen LogP contribution in [0.25, 0.3) is 11.0 Å². The summed E-state index contributed by atoms with van der Waals surface area (Å²) in [5, 5.41) is 3.13. The largest absolute Gasteiger partial charge is 0.341 e. The van der Waals surface area contributed by atoms with Crippen molar-refractivity contribution >= 4 is 16.9 Å². The summed E-state index contributed by atoms with van der Waals surface area (Å²) in [5.41, 5.74) is 3.21. The summed E-state index contributed by atoms with van der Waals surface area (Å²) in [5.74, 6) is 0.378. The maximum Gasteiger partial charge on any atom is 0.228 e. The van der Waals surface area contributed by atoms with Crippen LogP contribution in [0.15, 0.2) is 24.5 Å². The number of aryl methyl sites for hydroxylation is 1. The molecule has 1 aliphatic heterocycles. The van der Waals surface area contributed by atoms with Gasteiger partial charge in [0.1, 0.15) is 0 Å². The van der Waals surface area contributed by atoms with E-state index >= 15 is 0 Å². The van der Waals surface area contributed by atoms with Crippen LogP contribution in [0.4, 0.5) is 0 Å². The van der Waals surface area contributed by atoms with Crippen molar-refractivity contribution in [3.63, 3.8) is 0 Å². The molecule has 100 valence electrons. The molecule has 0 aliphatic carbocycles. The van der Waals surface area contributed by atoms with Crippen LogP contribution in [0.2, 0.25) is 0 Å². The zero-order valence-corrected chi connectivity index (χ0v) is 11.3. The lowest BCUT2D eigenvalue weighted by Crippen LogP contribution is -2.50. The van der Waals surface area contributed by atoms with Gasteiger partial charge in [0.2, 0.25) is 5.91 Å². The number of carbonyl (C=O) groups excluding carboxylic acids is 1. The molecular weight excluding hydrogens is 240 g/mol. The molecule has 2 heterocycles. The molecule has 1 aliphatic rings. The van der Waals surface area contributed by atoms with Crippen LogP contribution in [-0.4, -0.2) is 40.5 Å². The molecule has 0 atom stereocenters. The van der Waals surface area contributed by atoms with Gasteiger partial charge in [-0.15, -0.1) is 0 Å². The summed E-state index contributed by atoms with van der Waals surface area (Å²) >= 11 is 0. The van der Waals surface area contributed by atoms with Gasteiger partial charge in [0, 0.05) is 33.7 Å². The van der Waals surface area contributed by atoms with Crippen molar-refractivity contribution in [1.29, 1.82) is 0 Å². The summed E-state index contributed by atoms with van der Waals surface area (Å²) in [4.78, 5) is 18.2. The molecular formula is C14H18N4O. The summed E-state index contributed by atoms with van der Waals surface area (Å²) in [6.07, 6.45) is 1.81. The van der Waals surface area contributed by atoms with Crippen molar-refractivity contribution < 1.29 is 4.79 Å². The number of nitrogens with zero attached hydrogens (tertiary/aromatic N) is 3. The summed E-state index contributed by atoms with van der Waals surface area (Å²) in [7, 11) is 3.84. The number of carbonyl (C=O) groups is 1. The summed E-state index contributed by atoms with van der Waals surface area (Å²) in [6.45, 7) is 2.26. The van der Waals surface area contributed by atoms with E-state index < -0.39 is 0 Å².